The van der Waals surface area contributed by atoms with Crippen molar-refractivity contribution in [2.45, 2.75) is 6.54 Å². The molecule has 0 saturated heterocycles. The number of aromatic nitrogens is 2. The van der Waals surface area contributed by atoms with Gasteiger partial charge in [-0.3, -0.25) is 0 Å². The SMILES string of the molecule is Clc1cc(Nc2ccn(Cc3ccccc3)c2)c2[nH]c(-c3ccccc3)cc2c1. The molecule has 0 aliphatic rings. The van der Waals surface area contributed by atoms with E-state index in [0.717, 1.165) is 40.1 Å². The first kappa shape index (κ1) is 17.7. The predicted octanol–water partition coefficient (Wildman–Crippen LogP) is 7.08. The van der Waals surface area contributed by atoms with Gasteiger partial charge in [0.25, 0.3) is 0 Å². The summed E-state index contributed by atoms with van der Waals surface area (Å²) in [4.78, 5) is 3.55. The van der Waals surface area contributed by atoms with Crippen LogP contribution < -0.4 is 5.32 Å². The number of hydrogen-bond acceptors (Lipinski definition) is 1. The lowest BCUT2D eigenvalue weighted by Crippen LogP contribution is -1.96. The van der Waals surface area contributed by atoms with Crippen molar-refractivity contribution in [3.8, 4) is 11.3 Å². The van der Waals surface area contributed by atoms with Crippen LogP contribution in [0.25, 0.3) is 22.2 Å². The first-order valence-corrected chi connectivity index (χ1v) is 9.97. The number of rotatable bonds is 5. The van der Waals surface area contributed by atoms with Gasteiger partial charge in [-0.2, -0.15) is 0 Å². The maximum Gasteiger partial charge on any atom is 0.0699 e. The lowest BCUT2D eigenvalue weighted by atomic mass is 10.1. The maximum atomic E-state index is 6.40. The second kappa shape index (κ2) is 7.53. The number of hydrogen-bond donors (Lipinski definition) is 2. The fraction of sp³-hybridized carbons (Fsp3) is 0.0400. The fourth-order valence-electron chi connectivity index (χ4n) is 3.64. The fourth-order valence-corrected chi connectivity index (χ4v) is 3.87. The van der Waals surface area contributed by atoms with Gasteiger partial charge in [0.05, 0.1) is 16.9 Å². The van der Waals surface area contributed by atoms with E-state index in [1.54, 1.807) is 0 Å². The Labute approximate surface area is 174 Å². The minimum atomic E-state index is 0.710. The van der Waals surface area contributed by atoms with Gasteiger partial charge in [0.2, 0.25) is 0 Å². The average molecular weight is 398 g/mol. The van der Waals surface area contributed by atoms with E-state index in [0.29, 0.717) is 5.02 Å². The number of fused-ring (bicyclic) bond motifs is 1. The first-order chi connectivity index (χ1) is 14.2. The van der Waals surface area contributed by atoms with Crippen LogP contribution in [0.4, 0.5) is 11.4 Å². The van der Waals surface area contributed by atoms with Crippen molar-refractivity contribution >= 4 is 33.9 Å². The third-order valence-corrected chi connectivity index (χ3v) is 5.23. The highest BCUT2D eigenvalue weighted by molar-refractivity contribution is 6.32. The molecule has 0 saturated carbocycles. The minimum Gasteiger partial charge on any atom is -0.353 e. The van der Waals surface area contributed by atoms with Crippen LogP contribution in [0.15, 0.2) is 97.3 Å². The smallest absolute Gasteiger partial charge is 0.0699 e. The van der Waals surface area contributed by atoms with Crippen LogP contribution in [0.3, 0.4) is 0 Å². The number of aromatic amines is 1. The zero-order chi connectivity index (χ0) is 19.6. The van der Waals surface area contributed by atoms with Gasteiger partial charge >= 0.3 is 0 Å². The van der Waals surface area contributed by atoms with Crippen molar-refractivity contribution in [2.24, 2.45) is 0 Å². The molecule has 2 heterocycles. The summed E-state index contributed by atoms with van der Waals surface area (Å²) >= 11 is 6.40. The normalized spacial score (nSPS) is 11.1. The Kier molecular flexibility index (Phi) is 4.59. The molecule has 5 rings (SSSR count). The molecule has 5 aromatic rings. The minimum absolute atomic E-state index is 0.710. The highest BCUT2D eigenvalue weighted by Gasteiger charge is 2.10. The van der Waals surface area contributed by atoms with E-state index in [4.69, 9.17) is 11.6 Å². The molecule has 0 bridgehead atoms. The number of halogens is 1. The Bertz CT molecular complexity index is 1250. The van der Waals surface area contributed by atoms with E-state index < -0.39 is 0 Å². The second-order valence-corrected chi connectivity index (χ2v) is 7.59. The molecule has 2 aromatic heterocycles. The van der Waals surface area contributed by atoms with Gasteiger partial charge in [0.15, 0.2) is 0 Å². The van der Waals surface area contributed by atoms with E-state index in [2.05, 4.69) is 75.8 Å². The Balaban J connectivity index is 1.45. The van der Waals surface area contributed by atoms with Crippen molar-refractivity contribution in [1.82, 2.24) is 9.55 Å². The lowest BCUT2D eigenvalue weighted by molar-refractivity contribution is 0.807. The predicted molar refractivity (Wildman–Crippen MR) is 122 cm³/mol. The molecule has 0 atom stereocenters. The highest BCUT2D eigenvalue weighted by Crippen LogP contribution is 2.33. The van der Waals surface area contributed by atoms with Gasteiger partial charge in [-0.1, -0.05) is 72.3 Å². The van der Waals surface area contributed by atoms with Crippen LogP contribution in [-0.4, -0.2) is 9.55 Å². The van der Waals surface area contributed by atoms with E-state index in [-0.39, 0.29) is 0 Å². The third-order valence-electron chi connectivity index (χ3n) is 5.02. The molecule has 0 spiro atoms. The summed E-state index contributed by atoms with van der Waals surface area (Å²) in [7, 11) is 0. The molecule has 3 aromatic carbocycles. The zero-order valence-electron chi connectivity index (χ0n) is 15.8. The molecule has 0 unspecified atom stereocenters. The van der Waals surface area contributed by atoms with Crippen LogP contribution in [-0.2, 0) is 6.54 Å². The van der Waals surface area contributed by atoms with Crippen LogP contribution in [0.2, 0.25) is 5.02 Å². The summed E-state index contributed by atoms with van der Waals surface area (Å²) in [6.07, 6.45) is 4.20. The standard InChI is InChI=1S/C25H20ClN3/c26-21-13-20-14-23(19-9-5-2-6-10-19)28-25(20)24(15-21)27-22-11-12-29(17-22)16-18-7-3-1-4-8-18/h1-15,17,27-28H,16H2. The zero-order valence-corrected chi connectivity index (χ0v) is 16.5. The number of benzene rings is 3. The maximum absolute atomic E-state index is 6.40. The van der Waals surface area contributed by atoms with E-state index in [1.807, 2.05) is 36.4 Å². The van der Waals surface area contributed by atoms with Crippen molar-refractivity contribution < 1.29 is 0 Å². The summed E-state index contributed by atoms with van der Waals surface area (Å²) in [5, 5.41) is 5.32. The molecular formula is C25H20ClN3. The summed E-state index contributed by atoms with van der Waals surface area (Å²) in [5.74, 6) is 0. The van der Waals surface area contributed by atoms with E-state index in [9.17, 15) is 0 Å². The quantitative estimate of drug-likeness (QED) is 0.326. The van der Waals surface area contributed by atoms with Crippen LogP contribution >= 0.6 is 11.6 Å². The summed E-state index contributed by atoms with van der Waals surface area (Å²) in [5.41, 5.74) is 6.54. The van der Waals surface area contributed by atoms with Crippen LogP contribution in [0.1, 0.15) is 5.56 Å². The van der Waals surface area contributed by atoms with Crippen molar-refractivity contribution in [1.29, 1.82) is 0 Å². The molecule has 2 N–H and O–H groups in total. The molecule has 4 heteroatoms. The molecule has 142 valence electrons. The van der Waals surface area contributed by atoms with Gasteiger partial charge in [-0.05, 0) is 35.4 Å². The average Bonchev–Trinajstić information content (AvgIpc) is 3.36. The number of anilines is 2. The Hall–Kier alpha value is -3.43. The third kappa shape index (κ3) is 3.78. The summed E-state index contributed by atoms with van der Waals surface area (Å²) < 4.78 is 2.17. The van der Waals surface area contributed by atoms with Gasteiger partial charge in [0.1, 0.15) is 0 Å². The van der Waals surface area contributed by atoms with Gasteiger partial charge in [0, 0.05) is 35.0 Å². The molecule has 0 aliphatic carbocycles. The number of nitrogens with zero attached hydrogens (tertiary/aromatic N) is 1. The largest absolute Gasteiger partial charge is 0.353 e. The van der Waals surface area contributed by atoms with Gasteiger partial charge in [-0.15, -0.1) is 0 Å². The van der Waals surface area contributed by atoms with Gasteiger partial charge in [-0.25, -0.2) is 0 Å². The van der Waals surface area contributed by atoms with Gasteiger partial charge < -0.3 is 14.9 Å². The molecular weight excluding hydrogens is 378 g/mol. The Morgan fingerprint density at radius 3 is 2.41 bits per heavy atom. The monoisotopic (exact) mass is 397 g/mol. The number of H-pyrrole nitrogens is 1. The lowest BCUT2D eigenvalue weighted by Gasteiger charge is -2.07. The summed E-state index contributed by atoms with van der Waals surface area (Å²) in [6, 6.07) is 28.9. The van der Waals surface area contributed by atoms with Crippen molar-refractivity contribution in [3.63, 3.8) is 0 Å². The highest BCUT2D eigenvalue weighted by atomic mass is 35.5. The van der Waals surface area contributed by atoms with Crippen molar-refractivity contribution in [3.05, 3.63) is 108 Å². The molecule has 0 radical (unpaired) electrons. The molecule has 3 nitrogen and oxygen atoms in total. The molecule has 29 heavy (non-hydrogen) atoms. The summed E-state index contributed by atoms with van der Waals surface area (Å²) in [6.45, 7) is 0.841. The molecule has 0 fully saturated rings. The first-order valence-electron chi connectivity index (χ1n) is 9.59. The van der Waals surface area contributed by atoms with E-state index in [1.165, 1.54) is 5.56 Å². The molecule has 0 aliphatic heterocycles. The van der Waals surface area contributed by atoms with Crippen LogP contribution in [0.5, 0.6) is 0 Å². The second-order valence-electron chi connectivity index (χ2n) is 7.15. The topological polar surface area (TPSA) is 32.8 Å². The van der Waals surface area contributed by atoms with E-state index >= 15 is 0 Å². The molecule has 0 amide bonds. The van der Waals surface area contributed by atoms with Crippen LogP contribution in [0, 0.1) is 0 Å². The number of nitrogens with one attached hydrogen (secondary N) is 2. The van der Waals surface area contributed by atoms with Crippen molar-refractivity contribution in [2.75, 3.05) is 5.32 Å². The Morgan fingerprint density at radius 2 is 1.62 bits per heavy atom. The Morgan fingerprint density at radius 1 is 0.862 bits per heavy atom.